The fourth-order valence-electron chi connectivity index (χ4n) is 4.74. The number of likely N-dealkylation sites (tertiary alicyclic amines) is 1. The highest BCUT2D eigenvalue weighted by Crippen LogP contribution is 2.39. The number of hydrogen-bond acceptors (Lipinski definition) is 4. The van der Waals surface area contributed by atoms with Gasteiger partial charge in [0, 0.05) is 49.8 Å². The second-order valence-corrected chi connectivity index (χ2v) is 9.04. The van der Waals surface area contributed by atoms with E-state index in [4.69, 9.17) is 4.74 Å². The van der Waals surface area contributed by atoms with Crippen LogP contribution in [-0.2, 0) is 4.74 Å². The molecule has 3 heterocycles. The Morgan fingerprint density at radius 2 is 2.15 bits per heavy atom. The van der Waals surface area contributed by atoms with E-state index in [1.165, 1.54) is 32.2 Å². The number of amides is 1. The van der Waals surface area contributed by atoms with Gasteiger partial charge in [-0.1, -0.05) is 0 Å². The second-order valence-electron chi connectivity index (χ2n) is 9.04. The van der Waals surface area contributed by atoms with Crippen LogP contribution >= 0.6 is 0 Å². The van der Waals surface area contributed by atoms with Gasteiger partial charge in [0.25, 0.3) is 5.91 Å². The molecule has 0 radical (unpaired) electrons. The zero-order valence-corrected chi connectivity index (χ0v) is 15.6. The largest absolute Gasteiger partial charge is 0.379 e. The molecule has 1 spiro atoms. The predicted octanol–water partition coefficient (Wildman–Crippen LogP) is 2.25. The van der Waals surface area contributed by atoms with Crippen LogP contribution in [0, 0.1) is 11.3 Å². The molecule has 0 aromatic carbocycles. The third-order valence-electron chi connectivity index (χ3n) is 6.52. The number of aromatic nitrogens is 2. The molecule has 2 saturated heterocycles. The number of carbonyl (C=O) groups is 1. The first-order valence-electron chi connectivity index (χ1n) is 10.4. The van der Waals surface area contributed by atoms with Crippen LogP contribution in [-0.4, -0.2) is 71.8 Å². The van der Waals surface area contributed by atoms with Crippen molar-refractivity contribution >= 4 is 5.91 Å². The maximum absolute atomic E-state index is 13.0. The summed E-state index contributed by atoms with van der Waals surface area (Å²) in [5.74, 6) is 1.59. The van der Waals surface area contributed by atoms with E-state index in [-0.39, 0.29) is 11.3 Å². The molecule has 1 unspecified atom stereocenters. The van der Waals surface area contributed by atoms with Crippen LogP contribution in [0.4, 0.5) is 0 Å². The normalized spacial score (nSPS) is 30.5. The molecule has 5 rings (SSSR count). The topological polar surface area (TPSA) is 61.5 Å². The fraction of sp³-hybridized carbons (Fsp3) is 0.800. The average molecular weight is 358 g/mol. The Balaban J connectivity index is 1.28. The number of nitrogens with one attached hydrogen (secondary N) is 1. The molecule has 1 atom stereocenters. The molecule has 26 heavy (non-hydrogen) atoms. The van der Waals surface area contributed by atoms with Gasteiger partial charge in [0.1, 0.15) is 5.69 Å². The molecular weight excluding hydrogens is 328 g/mol. The van der Waals surface area contributed by atoms with Crippen molar-refractivity contribution in [1.82, 2.24) is 20.0 Å². The molecule has 4 aliphatic rings. The van der Waals surface area contributed by atoms with Crippen LogP contribution < -0.4 is 0 Å². The zero-order chi connectivity index (χ0) is 17.6. The molecule has 142 valence electrons. The quantitative estimate of drug-likeness (QED) is 0.897. The molecule has 1 amide bonds. The molecule has 1 aromatic rings. The molecule has 1 N–H and O–H groups in total. The first kappa shape index (κ1) is 16.8. The van der Waals surface area contributed by atoms with Crippen molar-refractivity contribution in [1.29, 1.82) is 0 Å². The summed E-state index contributed by atoms with van der Waals surface area (Å²) in [5, 5.41) is 7.38. The lowest BCUT2D eigenvalue weighted by Crippen LogP contribution is -2.52. The van der Waals surface area contributed by atoms with Gasteiger partial charge < -0.3 is 14.5 Å². The first-order chi connectivity index (χ1) is 12.7. The van der Waals surface area contributed by atoms with Gasteiger partial charge in [-0.3, -0.25) is 9.89 Å². The van der Waals surface area contributed by atoms with Gasteiger partial charge in [0.05, 0.1) is 13.2 Å². The number of aromatic amines is 1. The Hall–Kier alpha value is -1.40. The van der Waals surface area contributed by atoms with Gasteiger partial charge >= 0.3 is 0 Å². The Morgan fingerprint density at radius 3 is 2.96 bits per heavy atom. The van der Waals surface area contributed by atoms with Crippen LogP contribution in [0.3, 0.4) is 0 Å². The highest BCUT2D eigenvalue weighted by atomic mass is 16.5. The van der Waals surface area contributed by atoms with E-state index in [2.05, 4.69) is 15.1 Å². The lowest BCUT2D eigenvalue weighted by molar-refractivity contribution is 0.00694. The Kier molecular flexibility index (Phi) is 4.28. The number of nitrogens with zero attached hydrogens (tertiary/aromatic N) is 3. The number of piperidine rings is 1. The summed E-state index contributed by atoms with van der Waals surface area (Å²) in [5.41, 5.74) is 1.82. The maximum atomic E-state index is 13.0. The summed E-state index contributed by atoms with van der Waals surface area (Å²) >= 11 is 0. The van der Waals surface area contributed by atoms with Crippen molar-refractivity contribution in [3.63, 3.8) is 0 Å². The van der Waals surface area contributed by atoms with Gasteiger partial charge in [-0.2, -0.15) is 5.10 Å². The lowest BCUT2D eigenvalue weighted by atomic mass is 9.80. The SMILES string of the molecule is O=C(c1cc(C2CC2)[nH]n1)N1CCCC2(COCCN(CC3CC3)C2)C1. The molecule has 2 aliphatic heterocycles. The van der Waals surface area contributed by atoms with Crippen molar-refractivity contribution in [3.8, 4) is 0 Å². The summed E-state index contributed by atoms with van der Waals surface area (Å²) in [6.07, 6.45) is 7.43. The molecule has 4 fully saturated rings. The van der Waals surface area contributed by atoms with E-state index < -0.39 is 0 Å². The summed E-state index contributed by atoms with van der Waals surface area (Å²) < 4.78 is 6.00. The summed E-state index contributed by atoms with van der Waals surface area (Å²) in [4.78, 5) is 17.7. The minimum absolute atomic E-state index is 0.0882. The number of hydrogen-bond donors (Lipinski definition) is 1. The van der Waals surface area contributed by atoms with Crippen molar-refractivity contribution in [2.45, 2.75) is 44.4 Å². The summed E-state index contributed by atoms with van der Waals surface area (Å²) in [6, 6.07) is 1.98. The Bertz CT molecular complexity index is 667. The number of carbonyl (C=O) groups excluding carboxylic acids is 1. The highest BCUT2D eigenvalue weighted by molar-refractivity contribution is 5.92. The molecule has 1 aromatic heterocycles. The van der Waals surface area contributed by atoms with Gasteiger partial charge in [0.15, 0.2) is 0 Å². The molecule has 6 heteroatoms. The van der Waals surface area contributed by atoms with Gasteiger partial charge in [-0.05, 0) is 50.5 Å². The van der Waals surface area contributed by atoms with Gasteiger partial charge in [-0.15, -0.1) is 0 Å². The third kappa shape index (κ3) is 3.54. The minimum Gasteiger partial charge on any atom is -0.379 e. The van der Waals surface area contributed by atoms with E-state index in [1.807, 2.05) is 11.0 Å². The molecule has 2 saturated carbocycles. The molecule has 6 nitrogen and oxygen atoms in total. The van der Waals surface area contributed by atoms with Crippen molar-refractivity contribution < 1.29 is 9.53 Å². The van der Waals surface area contributed by atoms with E-state index in [0.717, 1.165) is 63.8 Å². The number of H-pyrrole nitrogens is 1. The van der Waals surface area contributed by atoms with Gasteiger partial charge in [0.2, 0.25) is 0 Å². The Labute approximate surface area is 155 Å². The fourth-order valence-corrected chi connectivity index (χ4v) is 4.74. The maximum Gasteiger partial charge on any atom is 0.274 e. The zero-order valence-electron chi connectivity index (χ0n) is 15.6. The average Bonchev–Trinajstić information content (AvgIpc) is 3.57. The van der Waals surface area contributed by atoms with Crippen molar-refractivity contribution in [3.05, 3.63) is 17.5 Å². The molecule has 2 aliphatic carbocycles. The molecule has 0 bridgehead atoms. The smallest absolute Gasteiger partial charge is 0.274 e. The second kappa shape index (κ2) is 6.64. The van der Waals surface area contributed by atoms with Crippen molar-refractivity contribution in [2.75, 3.05) is 45.9 Å². The first-order valence-corrected chi connectivity index (χ1v) is 10.4. The van der Waals surface area contributed by atoms with Gasteiger partial charge in [-0.25, -0.2) is 0 Å². The monoisotopic (exact) mass is 358 g/mol. The summed E-state index contributed by atoms with van der Waals surface area (Å²) in [6.45, 7) is 6.58. The third-order valence-corrected chi connectivity index (χ3v) is 6.52. The predicted molar refractivity (Wildman–Crippen MR) is 98.1 cm³/mol. The van der Waals surface area contributed by atoms with Crippen LogP contribution in [0.15, 0.2) is 6.07 Å². The van der Waals surface area contributed by atoms with Crippen LogP contribution in [0.1, 0.15) is 60.6 Å². The number of ether oxygens (including phenoxy) is 1. The standard InChI is InChI=1S/C20H30N4O2/c25-19(18-10-17(21-22-18)16-4-5-16)24-7-1-6-20(13-24)12-23(8-9-26-14-20)11-15-2-3-15/h10,15-16H,1-9,11-14H2,(H,21,22). The highest BCUT2D eigenvalue weighted by Gasteiger charge is 2.41. The van der Waals surface area contributed by atoms with Crippen LogP contribution in [0.25, 0.3) is 0 Å². The lowest BCUT2D eigenvalue weighted by Gasteiger charge is -2.43. The van der Waals surface area contributed by atoms with E-state index in [0.29, 0.717) is 11.6 Å². The number of rotatable bonds is 4. The molecular formula is C20H30N4O2. The van der Waals surface area contributed by atoms with Crippen LogP contribution in [0.2, 0.25) is 0 Å². The Morgan fingerprint density at radius 1 is 1.27 bits per heavy atom. The summed E-state index contributed by atoms with van der Waals surface area (Å²) in [7, 11) is 0. The van der Waals surface area contributed by atoms with E-state index in [9.17, 15) is 4.79 Å². The van der Waals surface area contributed by atoms with Crippen molar-refractivity contribution in [2.24, 2.45) is 11.3 Å². The van der Waals surface area contributed by atoms with E-state index in [1.54, 1.807) is 0 Å². The minimum atomic E-state index is 0.0882. The van der Waals surface area contributed by atoms with Crippen LogP contribution in [0.5, 0.6) is 0 Å². The van der Waals surface area contributed by atoms with E-state index >= 15 is 0 Å².